The smallest absolute Gasteiger partial charge is 0.238 e. The van der Waals surface area contributed by atoms with E-state index in [1.807, 2.05) is 32.9 Å². The standard InChI is InChI=1S/C23H30N2O2/c1-5-27-20-10-8-19(9-11-20)21-7-6-12-25(21)15-22(26)24-23-17(3)13-16(2)14-18(23)4/h8-11,13-14,21H,5-7,12,15H2,1-4H3,(H,24,26). The normalized spacial score (nSPS) is 17.1. The van der Waals surface area contributed by atoms with E-state index in [0.717, 1.165) is 42.0 Å². The molecule has 4 heteroatoms. The van der Waals surface area contributed by atoms with Crippen LogP contribution in [-0.2, 0) is 4.79 Å². The zero-order valence-electron chi connectivity index (χ0n) is 16.8. The first kappa shape index (κ1) is 19.4. The lowest BCUT2D eigenvalue weighted by Crippen LogP contribution is -2.33. The summed E-state index contributed by atoms with van der Waals surface area (Å²) in [5.41, 5.74) is 5.66. The molecule has 1 unspecified atom stereocenters. The molecule has 3 rings (SSSR count). The Hall–Kier alpha value is -2.33. The van der Waals surface area contributed by atoms with E-state index in [0.29, 0.717) is 19.2 Å². The Bertz CT molecular complexity index is 776. The quantitative estimate of drug-likeness (QED) is 0.799. The third-order valence-electron chi connectivity index (χ3n) is 5.23. The van der Waals surface area contributed by atoms with Crippen LogP contribution in [0, 0.1) is 20.8 Å². The van der Waals surface area contributed by atoms with E-state index in [9.17, 15) is 4.79 Å². The van der Waals surface area contributed by atoms with E-state index >= 15 is 0 Å². The molecular weight excluding hydrogens is 336 g/mol. The summed E-state index contributed by atoms with van der Waals surface area (Å²) in [6, 6.07) is 12.8. The van der Waals surface area contributed by atoms with Crippen LogP contribution < -0.4 is 10.1 Å². The Morgan fingerprint density at radius 1 is 1.15 bits per heavy atom. The Morgan fingerprint density at radius 3 is 2.44 bits per heavy atom. The van der Waals surface area contributed by atoms with Gasteiger partial charge in [0.15, 0.2) is 0 Å². The number of anilines is 1. The molecule has 1 N–H and O–H groups in total. The van der Waals surface area contributed by atoms with E-state index < -0.39 is 0 Å². The minimum Gasteiger partial charge on any atom is -0.494 e. The fourth-order valence-electron chi connectivity index (χ4n) is 4.09. The van der Waals surface area contributed by atoms with Gasteiger partial charge >= 0.3 is 0 Å². The van der Waals surface area contributed by atoms with Crippen molar-refractivity contribution < 1.29 is 9.53 Å². The van der Waals surface area contributed by atoms with Gasteiger partial charge in [0, 0.05) is 11.7 Å². The molecule has 144 valence electrons. The monoisotopic (exact) mass is 366 g/mol. The summed E-state index contributed by atoms with van der Waals surface area (Å²) in [7, 11) is 0. The highest BCUT2D eigenvalue weighted by Gasteiger charge is 2.27. The first-order chi connectivity index (χ1) is 13.0. The van der Waals surface area contributed by atoms with Crippen LogP contribution in [-0.4, -0.2) is 30.5 Å². The molecule has 1 atom stereocenters. The molecule has 1 heterocycles. The number of rotatable bonds is 6. The molecule has 4 nitrogen and oxygen atoms in total. The number of nitrogens with one attached hydrogen (secondary N) is 1. The molecule has 1 saturated heterocycles. The number of hydrogen-bond acceptors (Lipinski definition) is 3. The molecule has 2 aromatic carbocycles. The molecule has 0 bridgehead atoms. The van der Waals surface area contributed by atoms with Gasteiger partial charge in [-0.2, -0.15) is 0 Å². The average Bonchev–Trinajstić information content (AvgIpc) is 3.07. The van der Waals surface area contributed by atoms with Gasteiger partial charge in [0.25, 0.3) is 0 Å². The van der Waals surface area contributed by atoms with Crippen molar-refractivity contribution in [2.75, 3.05) is 25.0 Å². The Labute approximate surface area is 162 Å². The number of benzene rings is 2. The largest absolute Gasteiger partial charge is 0.494 e. The van der Waals surface area contributed by atoms with Crippen molar-refractivity contribution in [2.45, 2.75) is 46.6 Å². The van der Waals surface area contributed by atoms with Gasteiger partial charge in [-0.05, 0) is 75.9 Å². The topological polar surface area (TPSA) is 41.6 Å². The number of amides is 1. The summed E-state index contributed by atoms with van der Waals surface area (Å²) in [5, 5.41) is 3.13. The van der Waals surface area contributed by atoms with Crippen LogP contribution in [0.5, 0.6) is 5.75 Å². The summed E-state index contributed by atoms with van der Waals surface area (Å²) in [6.07, 6.45) is 2.21. The summed E-state index contributed by atoms with van der Waals surface area (Å²) in [5.74, 6) is 0.955. The average molecular weight is 367 g/mol. The lowest BCUT2D eigenvalue weighted by atomic mass is 10.0. The van der Waals surface area contributed by atoms with E-state index in [1.54, 1.807) is 0 Å². The van der Waals surface area contributed by atoms with E-state index in [4.69, 9.17) is 4.74 Å². The number of nitrogens with zero attached hydrogens (tertiary/aromatic N) is 1. The van der Waals surface area contributed by atoms with Crippen molar-refractivity contribution in [3.05, 3.63) is 58.7 Å². The lowest BCUT2D eigenvalue weighted by molar-refractivity contribution is -0.117. The fourth-order valence-corrected chi connectivity index (χ4v) is 4.09. The Morgan fingerprint density at radius 2 is 1.81 bits per heavy atom. The number of carbonyl (C=O) groups excluding carboxylic acids is 1. The van der Waals surface area contributed by atoms with Gasteiger partial charge in [0.05, 0.1) is 13.2 Å². The molecule has 1 fully saturated rings. The molecule has 0 aliphatic carbocycles. The SMILES string of the molecule is CCOc1ccc(C2CCCN2CC(=O)Nc2c(C)cc(C)cc2C)cc1. The summed E-state index contributed by atoms with van der Waals surface area (Å²) in [6.45, 7) is 10.2. The third-order valence-corrected chi connectivity index (χ3v) is 5.23. The molecule has 1 aliphatic heterocycles. The second-order valence-corrected chi connectivity index (χ2v) is 7.45. The summed E-state index contributed by atoms with van der Waals surface area (Å²) < 4.78 is 5.53. The number of aryl methyl sites for hydroxylation is 3. The van der Waals surface area contributed by atoms with Crippen molar-refractivity contribution in [1.29, 1.82) is 0 Å². The van der Waals surface area contributed by atoms with Crippen LogP contribution in [0.1, 0.15) is 48.1 Å². The molecule has 1 amide bonds. The van der Waals surface area contributed by atoms with E-state index in [-0.39, 0.29) is 5.91 Å². The molecule has 1 aliphatic rings. The summed E-state index contributed by atoms with van der Waals surface area (Å²) in [4.78, 5) is 15.0. The van der Waals surface area contributed by atoms with Gasteiger partial charge in [-0.3, -0.25) is 9.69 Å². The second kappa shape index (κ2) is 8.57. The number of ether oxygens (including phenoxy) is 1. The van der Waals surface area contributed by atoms with Gasteiger partial charge in [0.1, 0.15) is 5.75 Å². The predicted octanol–water partition coefficient (Wildman–Crippen LogP) is 4.79. The van der Waals surface area contributed by atoms with Crippen molar-refractivity contribution in [1.82, 2.24) is 4.90 Å². The third kappa shape index (κ3) is 4.69. The minimum atomic E-state index is 0.0582. The minimum absolute atomic E-state index is 0.0582. The van der Waals surface area contributed by atoms with Crippen LogP contribution in [0.15, 0.2) is 36.4 Å². The second-order valence-electron chi connectivity index (χ2n) is 7.45. The maximum atomic E-state index is 12.7. The van der Waals surface area contributed by atoms with E-state index in [1.165, 1.54) is 11.1 Å². The Kier molecular flexibility index (Phi) is 6.17. The molecule has 0 spiro atoms. The van der Waals surface area contributed by atoms with Crippen LogP contribution >= 0.6 is 0 Å². The molecule has 0 saturated carbocycles. The molecular formula is C23H30N2O2. The van der Waals surface area contributed by atoms with Crippen molar-refractivity contribution in [2.24, 2.45) is 0 Å². The highest BCUT2D eigenvalue weighted by atomic mass is 16.5. The van der Waals surface area contributed by atoms with Crippen LogP contribution in [0.4, 0.5) is 5.69 Å². The zero-order valence-corrected chi connectivity index (χ0v) is 16.8. The van der Waals surface area contributed by atoms with Crippen LogP contribution in [0.2, 0.25) is 0 Å². The lowest BCUT2D eigenvalue weighted by Gasteiger charge is -2.25. The number of carbonyl (C=O) groups is 1. The van der Waals surface area contributed by atoms with Crippen LogP contribution in [0.3, 0.4) is 0 Å². The van der Waals surface area contributed by atoms with E-state index in [2.05, 4.69) is 41.4 Å². The van der Waals surface area contributed by atoms with Crippen molar-refractivity contribution in [3.63, 3.8) is 0 Å². The van der Waals surface area contributed by atoms with Gasteiger partial charge < -0.3 is 10.1 Å². The molecule has 2 aromatic rings. The predicted molar refractivity (Wildman–Crippen MR) is 110 cm³/mol. The maximum absolute atomic E-state index is 12.7. The fraction of sp³-hybridized carbons (Fsp3) is 0.435. The first-order valence-electron chi connectivity index (χ1n) is 9.82. The van der Waals surface area contributed by atoms with Gasteiger partial charge in [0.2, 0.25) is 5.91 Å². The van der Waals surface area contributed by atoms with Crippen LogP contribution in [0.25, 0.3) is 0 Å². The highest BCUT2D eigenvalue weighted by molar-refractivity contribution is 5.93. The Balaban J connectivity index is 1.66. The molecule has 0 radical (unpaired) electrons. The zero-order chi connectivity index (χ0) is 19.4. The highest BCUT2D eigenvalue weighted by Crippen LogP contribution is 2.32. The summed E-state index contributed by atoms with van der Waals surface area (Å²) >= 11 is 0. The number of likely N-dealkylation sites (tertiary alicyclic amines) is 1. The van der Waals surface area contributed by atoms with Gasteiger partial charge in [-0.25, -0.2) is 0 Å². The first-order valence-corrected chi connectivity index (χ1v) is 9.82. The van der Waals surface area contributed by atoms with Gasteiger partial charge in [-0.15, -0.1) is 0 Å². The maximum Gasteiger partial charge on any atom is 0.238 e. The molecule has 27 heavy (non-hydrogen) atoms. The van der Waals surface area contributed by atoms with Gasteiger partial charge in [-0.1, -0.05) is 29.8 Å². The molecule has 0 aromatic heterocycles. The van der Waals surface area contributed by atoms with Crippen molar-refractivity contribution >= 4 is 11.6 Å². The number of hydrogen-bond donors (Lipinski definition) is 1. The van der Waals surface area contributed by atoms with Crippen molar-refractivity contribution in [3.8, 4) is 5.75 Å².